The van der Waals surface area contributed by atoms with Crippen molar-refractivity contribution in [3.05, 3.63) is 0 Å². The number of carbonyl (C=O) groups excluding carboxylic acids is 2. The first kappa shape index (κ1) is 7.14. The number of likely N-dealkylation sites (N-methyl/N-ethyl adjacent to an activating group) is 2. The Balaban J connectivity index is 3.00. The lowest BCUT2D eigenvalue weighted by Gasteiger charge is -2.07. The van der Waals surface area contributed by atoms with Crippen LogP contribution in [0.15, 0.2) is 0 Å². The molecule has 0 radical (unpaired) electrons. The molecule has 1 fully saturated rings. The minimum Gasteiger partial charge on any atom is -0.284 e. The zero-order chi connectivity index (χ0) is 7.89. The van der Waals surface area contributed by atoms with Crippen LogP contribution in [0.5, 0.6) is 0 Å². The molecule has 0 aromatic carbocycles. The zero-order valence-corrected chi connectivity index (χ0v) is 6.44. The summed E-state index contributed by atoms with van der Waals surface area (Å²) in [6, 6.07) is 0. The molecule has 10 heavy (non-hydrogen) atoms. The smallest absolute Gasteiger partial charge is 0.284 e. The van der Waals surface area contributed by atoms with Crippen molar-refractivity contribution in [2.45, 2.75) is 0 Å². The highest BCUT2D eigenvalue weighted by Gasteiger charge is 2.36. The van der Waals surface area contributed by atoms with Gasteiger partial charge in [0.2, 0.25) is 0 Å². The minimum atomic E-state index is -0.563. The lowest BCUT2D eigenvalue weighted by atomic mass is 10.6. The molecule has 0 N–H and O–H groups in total. The highest BCUT2D eigenvalue weighted by atomic mass is 32.1. The maximum atomic E-state index is 10.8. The Labute approximate surface area is 63.4 Å². The first-order chi connectivity index (χ1) is 4.55. The average Bonchev–Trinajstić information content (AvgIpc) is 2.07. The number of amides is 2. The van der Waals surface area contributed by atoms with Crippen molar-refractivity contribution in [2.24, 2.45) is 0 Å². The largest absolute Gasteiger partial charge is 0.318 e. The van der Waals surface area contributed by atoms with Crippen molar-refractivity contribution in [2.75, 3.05) is 14.1 Å². The number of nitrogens with zero attached hydrogens (tertiary/aromatic N) is 2. The normalized spacial score (nSPS) is 19.2. The van der Waals surface area contributed by atoms with Gasteiger partial charge in [-0.15, -0.1) is 0 Å². The Morgan fingerprint density at radius 1 is 1.10 bits per heavy atom. The number of hydrogen-bond acceptors (Lipinski definition) is 3. The fourth-order valence-corrected chi connectivity index (χ4v) is 0.851. The molecule has 4 nitrogen and oxygen atoms in total. The third-order valence-corrected chi connectivity index (χ3v) is 1.91. The summed E-state index contributed by atoms with van der Waals surface area (Å²) in [5.41, 5.74) is 0. The summed E-state index contributed by atoms with van der Waals surface area (Å²) >= 11 is 4.73. The van der Waals surface area contributed by atoms with E-state index in [1.807, 2.05) is 0 Å². The first-order valence-electron chi connectivity index (χ1n) is 2.65. The van der Waals surface area contributed by atoms with Crippen LogP contribution in [0.3, 0.4) is 0 Å². The van der Waals surface area contributed by atoms with Crippen LogP contribution in [-0.2, 0) is 9.59 Å². The molecule has 0 atom stereocenters. The van der Waals surface area contributed by atoms with Gasteiger partial charge in [-0.3, -0.25) is 19.4 Å². The van der Waals surface area contributed by atoms with Crippen molar-refractivity contribution in [3.8, 4) is 0 Å². The van der Waals surface area contributed by atoms with E-state index >= 15 is 0 Å². The summed E-state index contributed by atoms with van der Waals surface area (Å²) in [5.74, 6) is -1.13. The second kappa shape index (κ2) is 2.02. The van der Waals surface area contributed by atoms with Gasteiger partial charge in [0.1, 0.15) is 0 Å². The summed E-state index contributed by atoms with van der Waals surface area (Å²) in [7, 11) is 2.96. The maximum absolute atomic E-state index is 10.8. The van der Waals surface area contributed by atoms with E-state index in [4.69, 9.17) is 12.2 Å². The van der Waals surface area contributed by atoms with E-state index in [1.54, 1.807) is 0 Å². The van der Waals surface area contributed by atoms with Gasteiger partial charge in [-0.2, -0.15) is 0 Å². The molecule has 5 heteroatoms. The van der Waals surface area contributed by atoms with Gasteiger partial charge >= 0.3 is 11.8 Å². The predicted octanol–water partition coefficient (Wildman–Crippen LogP) is -0.798. The van der Waals surface area contributed by atoms with Crippen LogP contribution in [0, 0.1) is 0 Å². The van der Waals surface area contributed by atoms with E-state index in [0.717, 1.165) is 9.80 Å². The molecule has 0 unspecified atom stereocenters. The Bertz CT molecular complexity index is 204. The lowest BCUT2D eigenvalue weighted by Crippen LogP contribution is -2.27. The van der Waals surface area contributed by atoms with Gasteiger partial charge in [-0.1, -0.05) is 0 Å². The molecule has 1 aliphatic rings. The van der Waals surface area contributed by atoms with Crippen LogP contribution < -0.4 is 0 Å². The van der Waals surface area contributed by atoms with Crippen LogP contribution in [0.25, 0.3) is 0 Å². The Kier molecular flexibility index (Phi) is 1.44. The first-order valence-corrected chi connectivity index (χ1v) is 3.06. The monoisotopic (exact) mass is 158 g/mol. The van der Waals surface area contributed by atoms with Gasteiger partial charge in [0.15, 0.2) is 5.11 Å². The highest BCUT2D eigenvalue weighted by molar-refractivity contribution is 7.80. The SMILES string of the molecule is CN1C(=O)C(=O)N(C)C1=S. The fraction of sp³-hybridized carbons (Fsp3) is 0.400. The molecule has 0 bridgehead atoms. The van der Waals surface area contributed by atoms with E-state index in [9.17, 15) is 9.59 Å². The van der Waals surface area contributed by atoms with Crippen molar-refractivity contribution < 1.29 is 9.59 Å². The van der Waals surface area contributed by atoms with Crippen LogP contribution >= 0.6 is 12.2 Å². The lowest BCUT2D eigenvalue weighted by molar-refractivity contribution is -0.142. The van der Waals surface area contributed by atoms with E-state index in [1.165, 1.54) is 14.1 Å². The third kappa shape index (κ3) is 0.706. The fourth-order valence-electron chi connectivity index (χ4n) is 0.686. The standard InChI is InChI=1S/C5H6N2O2S/c1-6-3(8)4(9)7(2)5(6)10/h1-2H3. The molecule has 0 spiro atoms. The minimum absolute atomic E-state index is 0.259. The Morgan fingerprint density at radius 3 is 1.50 bits per heavy atom. The number of hydrogen-bond donors (Lipinski definition) is 0. The van der Waals surface area contributed by atoms with Crippen molar-refractivity contribution in [3.63, 3.8) is 0 Å². The van der Waals surface area contributed by atoms with Crippen LogP contribution in [-0.4, -0.2) is 40.8 Å². The molecule has 1 rings (SSSR count). The van der Waals surface area contributed by atoms with Crippen LogP contribution in [0.4, 0.5) is 0 Å². The van der Waals surface area contributed by atoms with Gasteiger partial charge in [0.05, 0.1) is 0 Å². The number of rotatable bonds is 0. The van der Waals surface area contributed by atoms with Gasteiger partial charge < -0.3 is 0 Å². The maximum Gasteiger partial charge on any atom is 0.318 e. The van der Waals surface area contributed by atoms with Crippen molar-refractivity contribution in [1.82, 2.24) is 9.80 Å². The zero-order valence-electron chi connectivity index (χ0n) is 5.62. The van der Waals surface area contributed by atoms with Crippen LogP contribution in [0.2, 0.25) is 0 Å². The second-order valence-electron chi connectivity index (χ2n) is 2.01. The topological polar surface area (TPSA) is 40.6 Å². The van der Waals surface area contributed by atoms with Gasteiger partial charge in [0.25, 0.3) is 0 Å². The Hall–Kier alpha value is -0.970. The van der Waals surface area contributed by atoms with Crippen LogP contribution in [0.1, 0.15) is 0 Å². The van der Waals surface area contributed by atoms with E-state index in [2.05, 4.69) is 0 Å². The molecule has 1 saturated heterocycles. The van der Waals surface area contributed by atoms with Gasteiger partial charge in [0, 0.05) is 14.1 Å². The summed E-state index contributed by atoms with van der Waals surface area (Å²) in [4.78, 5) is 23.8. The van der Waals surface area contributed by atoms with Crippen molar-refractivity contribution in [1.29, 1.82) is 0 Å². The summed E-state index contributed by atoms with van der Waals surface area (Å²) < 4.78 is 0. The predicted molar refractivity (Wildman–Crippen MR) is 38.1 cm³/mol. The number of carbonyl (C=O) groups is 2. The molecule has 1 heterocycles. The molecule has 0 aromatic rings. The molecule has 0 aromatic heterocycles. The van der Waals surface area contributed by atoms with Crippen molar-refractivity contribution >= 4 is 29.1 Å². The quantitative estimate of drug-likeness (QED) is 0.342. The summed E-state index contributed by atoms with van der Waals surface area (Å²) in [5, 5.41) is 0.259. The molecular formula is C5H6N2O2S. The molecule has 0 saturated carbocycles. The third-order valence-electron chi connectivity index (χ3n) is 1.37. The molecular weight excluding hydrogens is 152 g/mol. The Morgan fingerprint density at radius 2 is 1.40 bits per heavy atom. The number of thiocarbonyl (C=S) groups is 1. The molecule has 2 amide bonds. The van der Waals surface area contributed by atoms with E-state index in [-0.39, 0.29) is 5.11 Å². The summed E-state index contributed by atoms with van der Waals surface area (Å²) in [6.45, 7) is 0. The highest BCUT2D eigenvalue weighted by Crippen LogP contribution is 2.05. The molecule has 1 aliphatic heterocycles. The van der Waals surface area contributed by atoms with E-state index in [0.29, 0.717) is 0 Å². The van der Waals surface area contributed by atoms with E-state index < -0.39 is 11.8 Å². The van der Waals surface area contributed by atoms with Gasteiger partial charge in [-0.05, 0) is 12.2 Å². The average molecular weight is 158 g/mol. The van der Waals surface area contributed by atoms with Gasteiger partial charge in [-0.25, -0.2) is 0 Å². The molecule has 0 aliphatic carbocycles. The molecule has 54 valence electrons. The summed E-state index contributed by atoms with van der Waals surface area (Å²) in [6.07, 6.45) is 0. The second-order valence-corrected chi connectivity index (χ2v) is 2.38.